The Kier molecular flexibility index (Phi) is 31.9. The van der Waals surface area contributed by atoms with Crippen molar-refractivity contribution in [2.75, 3.05) is 44.7 Å². The molecular formula is C83H100N16O11S. The molecule has 111 heavy (non-hydrogen) atoms. The Labute approximate surface area is 646 Å². The molecule has 7 amide bonds. The standard InChI is InChI=1S/C21H22N4O.C17H21N3O4.C15H19N3O3.C15H17N3O2.C15H21N3OS/c22-18(11-15-13-25-20-8-4-2-6-17(15)20)21(26)23-10-9-14-12-24-19-7-3-1-5-16(14)19;1-11(21)20-15(6-7-16(22)23)17(24)18-9-8-12-10-19-14-5-3-2-4-13(12)14;16-12(5-6-14(19)20)15(21)17-8-7-10-9-18-13-4-2-1-3-11(10)13;19-14-6-5-13(18-14)15(20)16-8-7-10-9-17-12-4-2-1-3-11(10)12;1-20-9-7-13(16)15(19)17-8-6-11-10-18-14-5-3-2-4-12(11)14/h1-8,12-13,18,24-25H,9-11,22H2,(H,23,26);2-5,10,15,19H,6-9H2,1H3,(H,18,24)(H,20,21)(H,22,23);1-4,9,12,18H,5-8,16H2,(H,17,21)(H,19,20);1-4,9,13,17H,5-8H2,(H,16,20)(H,18,19);2-5,10,13,18H,6-9,16H2,1H3,(H,17,19)/t18-;15-;12-;;13-/m000.0/s1. The Bertz CT molecular complexity index is 5070. The highest BCUT2D eigenvalue weighted by molar-refractivity contribution is 7.98. The molecule has 6 aromatic carbocycles. The third-order valence-electron chi connectivity index (χ3n) is 18.9. The van der Waals surface area contributed by atoms with Gasteiger partial charge in [0.2, 0.25) is 41.4 Å². The minimum atomic E-state index is -1.00. The summed E-state index contributed by atoms with van der Waals surface area (Å²) in [4.78, 5) is 122. The number of hydrogen-bond acceptors (Lipinski definition) is 13. The van der Waals surface area contributed by atoms with Crippen molar-refractivity contribution >= 4 is 130 Å². The first-order valence-electron chi connectivity index (χ1n) is 37.2. The second-order valence-corrected chi connectivity index (χ2v) is 27.9. The molecule has 1 saturated heterocycles. The second-order valence-electron chi connectivity index (χ2n) is 26.9. The molecule has 0 spiro atoms. The molecule has 584 valence electrons. The zero-order valence-corrected chi connectivity index (χ0v) is 63.2. The SMILES string of the molecule is CC(=O)N[C@@H](CCC(=O)O)C(=O)NCCc1c[nH]c2ccccc12.CSCC[C@H](N)C(=O)NCCc1c[nH]c2ccccc12.N[C@@H](CCC(=O)O)C(=O)NCCc1c[nH]c2ccccc12.N[C@@H](Cc1c[nH]c2ccccc12)C(=O)NCCc1c[nH]c2ccccc12.O=C1CCC(C(=O)NCCc2c[nH]c3ccccc23)N1. The van der Waals surface area contributed by atoms with E-state index in [9.17, 15) is 43.2 Å². The molecule has 21 N–H and O–H groups in total. The number of rotatable bonds is 32. The largest absolute Gasteiger partial charge is 0.481 e. The quantitative estimate of drug-likeness (QED) is 0.0189. The molecule has 0 saturated carbocycles. The number of hydrogen-bond donors (Lipinski definition) is 18. The van der Waals surface area contributed by atoms with Crippen LogP contribution in [0.25, 0.3) is 65.4 Å². The number of carbonyl (C=O) groups is 9. The van der Waals surface area contributed by atoms with Crippen LogP contribution in [0.15, 0.2) is 183 Å². The van der Waals surface area contributed by atoms with Gasteiger partial charge in [-0.3, -0.25) is 43.2 Å². The minimum Gasteiger partial charge on any atom is -0.481 e. The smallest absolute Gasteiger partial charge is 0.303 e. The summed E-state index contributed by atoms with van der Waals surface area (Å²) in [5.41, 5.74) is 31.0. The number of benzene rings is 6. The number of aliphatic carboxylic acids is 2. The van der Waals surface area contributed by atoms with E-state index in [1.807, 2.05) is 159 Å². The zero-order chi connectivity index (χ0) is 79.0. The fourth-order valence-corrected chi connectivity index (χ4v) is 13.4. The number of carboxylic acids is 2. The van der Waals surface area contributed by atoms with Gasteiger partial charge in [-0.15, -0.1) is 0 Å². The van der Waals surface area contributed by atoms with Crippen LogP contribution in [0.4, 0.5) is 0 Å². The predicted molar refractivity (Wildman–Crippen MR) is 436 cm³/mol. The summed E-state index contributed by atoms with van der Waals surface area (Å²) in [5.74, 6) is -2.38. The Morgan fingerprint density at radius 3 is 1.06 bits per heavy atom. The maximum Gasteiger partial charge on any atom is 0.303 e. The van der Waals surface area contributed by atoms with E-state index >= 15 is 0 Å². The molecule has 1 fully saturated rings. The van der Waals surface area contributed by atoms with Gasteiger partial charge in [0.25, 0.3) is 0 Å². The average molecular weight is 1530 g/mol. The third-order valence-corrected chi connectivity index (χ3v) is 19.6. The van der Waals surface area contributed by atoms with Gasteiger partial charge in [0, 0.05) is 162 Å². The van der Waals surface area contributed by atoms with Crippen molar-refractivity contribution in [2.45, 2.75) is 121 Å². The van der Waals surface area contributed by atoms with E-state index in [1.165, 1.54) is 39.8 Å². The van der Waals surface area contributed by atoms with E-state index in [2.05, 4.69) is 97.5 Å². The van der Waals surface area contributed by atoms with Gasteiger partial charge in [0.1, 0.15) is 12.1 Å². The van der Waals surface area contributed by atoms with Crippen molar-refractivity contribution in [2.24, 2.45) is 17.2 Å². The van der Waals surface area contributed by atoms with Crippen LogP contribution in [0.3, 0.4) is 0 Å². The number of aromatic amines is 6. The van der Waals surface area contributed by atoms with Gasteiger partial charge < -0.3 is 94.5 Å². The molecule has 5 atom stereocenters. The van der Waals surface area contributed by atoms with Gasteiger partial charge in [-0.2, -0.15) is 11.8 Å². The predicted octanol–water partition coefficient (Wildman–Crippen LogP) is 8.10. The molecule has 28 heteroatoms. The van der Waals surface area contributed by atoms with Crippen LogP contribution in [0, 0.1) is 0 Å². The van der Waals surface area contributed by atoms with Crippen LogP contribution < -0.4 is 54.4 Å². The summed E-state index contributed by atoms with van der Waals surface area (Å²) >= 11 is 1.71. The molecule has 1 unspecified atom stereocenters. The van der Waals surface area contributed by atoms with E-state index in [0.29, 0.717) is 64.8 Å². The highest BCUT2D eigenvalue weighted by atomic mass is 32.2. The van der Waals surface area contributed by atoms with Crippen LogP contribution in [0.1, 0.15) is 85.3 Å². The zero-order valence-electron chi connectivity index (χ0n) is 62.4. The van der Waals surface area contributed by atoms with E-state index in [-0.39, 0.29) is 73.1 Å². The van der Waals surface area contributed by atoms with Crippen LogP contribution >= 0.6 is 11.8 Å². The molecule has 6 aromatic heterocycles. The third kappa shape index (κ3) is 25.3. The number of nitrogens with two attached hydrogens (primary N) is 3. The number of nitrogens with one attached hydrogen (secondary N) is 13. The fraction of sp³-hybridized carbons (Fsp3) is 0.313. The first-order chi connectivity index (χ1) is 53.7. The van der Waals surface area contributed by atoms with Gasteiger partial charge >= 0.3 is 11.9 Å². The fourth-order valence-electron chi connectivity index (χ4n) is 12.9. The number of amides is 7. The molecule has 0 aliphatic carbocycles. The summed E-state index contributed by atoms with van der Waals surface area (Å²) in [6, 6.07) is 45.4. The summed E-state index contributed by atoms with van der Waals surface area (Å²) in [5, 5.41) is 43.7. The van der Waals surface area contributed by atoms with Crippen LogP contribution in [0.5, 0.6) is 0 Å². The highest BCUT2D eigenvalue weighted by Gasteiger charge is 2.27. The molecule has 0 bridgehead atoms. The number of fused-ring (bicyclic) bond motifs is 6. The Morgan fingerprint density at radius 1 is 0.423 bits per heavy atom. The normalized spacial score (nSPS) is 13.3. The molecular weight excluding hydrogens is 1430 g/mol. The molecule has 0 radical (unpaired) electrons. The maximum atomic E-state index is 12.3. The summed E-state index contributed by atoms with van der Waals surface area (Å²) in [7, 11) is 0. The number of H-pyrrole nitrogens is 6. The summed E-state index contributed by atoms with van der Waals surface area (Å²) in [6.45, 7) is 3.95. The minimum absolute atomic E-state index is 0.0400. The van der Waals surface area contributed by atoms with E-state index in [4.69, 9.17) is 27.4 Å². The summed E-state index contributed by atoms with van der Waals surface area (Å²) < 4.78 is 0. The molecule has 13 rings (SSSR count). The van der Waals surface area contributed by atoms with Gasteiger partial charge in [-0.1, -0.05) is 109 Å². The first-order valence-corrected chi connectivity index (χ1v) is 38.6. The molecule has 1 aliphatic heterocycles. The lowest BCUT2D eigenvalue weighted by Gasteiger charge is -2.16. The van der Waals surface area contributed by atoms with Crippen molar-refractivity contribution in [1.82, 2.24) is 67.1 Å². The Morgan fingerprint density at radius 2 is 0.730 bits per heavy atom. The highest BCUT2D eigenvalue weighted by Crippen LogP contribution is 2.24. The van der Waals surface area contributed by atoms with Gasteiger partial charge in [0.05, 0.1) is 18.1 Å². The molecule has 12 aromatic rings. The summed E-state index contributed by atoms with van der Waals surface area (Å²) in [6.07, 6.45) is 19.7. The average Bonchev–Trinajstić information content (AvgIpc) is 1.72. The lowest BCUT2D eigenvalue weighted by molar-refractivity contribution is -0.138. The number of carboxylic acid groups (broad SMARTS) is 2. The Hall–Kier alpha value is -12.0. The second kappa shape index (κ2) is 42.7. The number of para-hydroxylation sites is 6. The molecule has 7 heterocycles. The topological polar surface area (TPSA) is 451 Å². The lowest BCUT2D eigenvalue weighted by atomic mass is 10.0. The van der Waals surface area contributed by atoms with Crippen molar-refractivity contribution in [1.29, 1.82) is 0 Å². The Balaban J connectivity index is 0.000000160. The number of aromatic nitrogens is 6. The van der Waals surface area contributed by atoms with Crippen LogP contribution in [0.2, 0.25) is 0 Å². The first kappa shape index (κ1) is 83.1. The van der Waals surface area contributed by atoms with Crippen LogP contribution in [-0.4, -0.2) is 168 Å². The van der Waals surface area contributed by atoms with E-state index < -0.39 is 36.1 Å². The molecule has 1 aliphatic rings. The van der Waals surface area contributed by atoms with Crippen molar-refractivity contribution in [3.05, 3.63) is 216 Å². The van der Waals surface area contributed by atoms with Crippen molar-refractivity contribution in [3.63, 3.8) is 0 Å². The van der Waals surface area contributed by atoms with Gasteiger partial charge in [-0.05, 0) is 146 Å². The maximum absolute atomic E-state index is 12.3. The van der Waals surface area contributed by atoms with Gasteiger partial charge in [0.15, 0.2) is 0 Å². The van der Waals surface area contributed by atoms with Crippen molar-refractivity contribution in [3.8, 4) is 0 Å². The monoisotopic (exact) mass is 1530 g/mol. The number of thioether (sulfide) groups is 1. The van der Waals surface area contributed by atoms with E-state index in [0.717, 1.165) is 97.4 Å². The van der Waals surface area contributed by atoms with Gasteiger partial charge in [-0.25, -0.2) is 0 Å². The molecule has 27 nitrogen and oxygen atoms in total. The number of carbonyl (C=O) groups excluding carboxylic acids is 7. The lowest BCUT2D eigenvalue weighted by Crippen LogP contribution is -2.46. The van der Waals surface area contributed by atoms with Crippen LogP contribution in [-0.2, 0) is 81.7 Å². The van der Waals surface area contributed by atoms with E-state index in [1.54, 1.807) is 11.8 Å². The van der Waals surface area contributed by atoms with Crippen molar-refractivity contribution < 1.29 is 53.4 Å².